The molecule has 5 N–H and O–H groups in total. The van der Waals surface area contributed by atoms with E-state index in [9.17, 15) is 47.0 Å². The molecule has 3 fully saturated rings. The molecule has 0 saturated carbocycles. The number of pyridine rings is 1. The van der Waals surface area contributed by atoms with Crippen LogP contribution in [0.15, 0.2) is 71.4 Å². The maximum atomic E-state index is 16.2. The highest BCUT2D eigenvalue weighted by Gasteiger charge is 2.45. The molecule has 84 heavy (non-hydrogen) atoms. The number of carbonyl (C=O) groups excluding carboxylic acids is 5. The number of carbonyl (C=O) groups is 5. The Morgan fingerprint density at radius 2 is 1.48 bits per heavy atom. The average Bonchev–Trinajstić information content (AvgIpc) is 4.16. The zero-order chi connectivity index (χ0) is 60.6. The van der Waals surface area contributed by atoms with Gasteiger partial charge in [0.1, 0.15) is 17.9 Å². The predicted molar refractivity (Wildman–Crippen MR) is 314 cm³/mol. The van der Waals surface area contributed by atoms with E-state index in [0.29, 0.717) is 76.7 Å². The summed E-state index contributed by atoms with van der Waals surface area (Å²) in [6.07, 6.45) is 3.12. The molecule has 2 aromatic carbocycles. The van der Waals surface area contributed by atoms with Crippen molar-refractivity contribution in [1.29, 1.82) is 0 Å². The second-order valence-electron chi connectivity index (χ2n) is 23.4. The minimum atomic E-state index is -5.00. The first-order valence-corrected chi connectivity index (χ1v) is 29.6. The van der Waals surface area contributed by atoms with Crippen LogP contribution >= 0.6 is 11.3 Å². The van der Waals surface area contributed by atoms with Crippen LogP contribution in [0.4, 0.5) is 34.9 Å². The molecule has 19 nitrogen and oxygen atoms in total. The van der Waals surface area contributed by atoms with Crippen LogP contribution in [0.5, 0.6) is 0 Å². The number of nitrogens with zero attached hydrogens (tertiary/aromatic N) is 8. The molecule has 6 heterocycles. The van der Waals surface area contributed by atoms with Crippen molar-refractivity contribution < 1.29 is 46.6 Å². The molecule has 3 aliphatic heterocycles. The number of aliphatic hydroxyl groups is 1. The molecule has 3 aromatic heterocycles. The smallest absolute Gasteiger partial charge is 0.391 e. The molecule has 452 valence electrons. The number of H-pyrrole nitrogens is 1. The first-order chi connectivity index (χ1) is 39.9. The minimum Gasteiger partial charge on any atom is -0.391 e. The number of benzene rings is 2. The van der Waals surface area contributed by atoms with Crippen molar-refractivity contribution in [3.63, 3.8) is 0 Å². The summed E-state index contributed by atoms with van der Waals surface area (Å²) in [4.78, 5) is 105. The number of aliphatic hydroxyl groups excluding tert-OH is 1. The van der Waals surface area contributed by atoms with Crippen molar-refractivity contribution in [1.82, 2.24) is 45.3 Å². The van der Waals surface area contributed by atoms with Crippen molar-refractivity contribution in [2.45, 2.75) is 142 Å². The lowest BCUT2D eigenvalue weighted by Gasteiger charge is -2.44. The Kier molecular flexibility index (Phi) is 20.3. The number of rotatable bonds is 20. The number of aromatic amines is 1. The van der Waals surface area contributed by atoms with Crippen molar-refractivity contribution in [2.24, 2.45) is 5.41 Å². The van der Waals surface area contributed by atoms with Gasteiger partial charge in [0.05, 0.1) is 44.7 Å². The first-order valence-electron chi connectivity index (χ1n) is 28.7. The molecule has 3 saturated heterocycles. The van der Waals surface area contributed by atoms with Crippen molar-refractivity contribution in [3.8, 4) is 21.6 Å². The Hall–Kier alpha value is -7.31. The molecule has 24 heteroatoms. The standard InChI is InChI=1S/C60H76F4N12O7S/c1-36-32-75(33-37(2)72(36)7)48-27-46(61)43(25-47(48)70-55(81)44-31-65-51(79)26-45(44)60(62,63)64)41-29-67-58(68-30-41)74-22-20-73(21-23-74)52(80)15-13-11-9-8-10-12-14-50(78)71-54(59(4,5)6)57(83)76-34-42(77)24-49(76)56(82)66-28-39-16-18-40(19-17-39)53-38(3)69-35-84-53/h16-19,25-27,29-31,35-37,42,49,54,77H,8-15,20-24,28,32-34H2,1-7H3,(H,65,79)(H,66,82)(H,70,81)(H,71,78)/t36-,37+,42-,49+,54-/m1/s1. The van der Waals surface area contributed by atoms with Gasteiger partial charge in [-0.25, -0.2) is 19.3 Å². The van der Waals surface area contributed by atoms with E-state index in [1.165, 1.54) is 29.4 Å². The Morgan fingerprint density at radius 1 is 0.833 bits per heavy atom. The summed E-state index contributed by atoms with van der Waals surface area (Å²) in [5.74, 6) is -2.45. The van der Waals surface area contributed by atoms with Gasteiger partial charge in [-0.2, -0.15) is 13.2 Å². The molecule has 0 bridgehead atoms. The summed E-state index contributed by atoms with van der Waals surface area (Å²) in [5.41, 5.74) is 1.35. The van der Waals surface area contributed by atoms with E-state index in [1.807, 2.05) is 87.6 Å². The minimum absolute atomic E-state index is 0.00295. The average molecular weight is 1190 g/mol. The number of aromatic nitrogens is 4. The monoisotopic (exact) mass is 1180 g/mol. The van der Waals surface area contributed by atoms with Gasteiger partial charge >= 0.3 is 6.18 Å². The molecule has 0 unspecified atom stereocenters. The molecule has 0 spiro atoms. The van der Waals surface area contributed by atoms with Gasteiger partial charge in [0, 0.05) is 119 Å². The Balaban J connectivity index is 0.759. The number of likely N-dealkylation sites (N-methyl/N-ethyl adjacent to an activating group) is 1. The number of nitrogens with one attached hydrogen (secondary N) is 4. The molecule has 0 aliphatic carbocycles. The SMILES string of the molecule is Cc1ncsc1-c1ccc(CNC(=O)[C@@H]2C[C@@H](O)CN2C(=O)[C@@H](NC(=O)CCCCCCCCC(=O)N2CCN(c3ncc(-c4cc(NC(=O)c5c[nH]c(=O)cc5C(F)(F)F)c(N5C[C@@H](C)N(C)[C@@H](C)C5)cc4F)cn3)CC2)C(C)(C)C)cc1. The second-order valence-corrected chi connectivity index (χ2v) is 24.3. The third-order valence-electron chi connectivity index (χ3n) is 16.1. The number of hydrogen-bond donors (Lipinski definition) is 5. The van der Waals surface area contributed by atoms with Crippen molar-refractivity contribution in [3.05, 3.63) is 105 Å². The number of thiazole rings is 1. The highest BCUT2D eigenvalue weighted by molar-refractivity contribution is 7.13. The Bertz CT molecular complexity index is 3190. The lowest BCUT2D eigenvalue weighted by molar-refractivity contribution is -0.144. The summed E-state index contributed by atoms with van der Waals surface area (Å²) >= 11 is 1.56. The third kappa shape index (κ3) is 15.5. The molecular weight excluding hydrogens is 1110 g/mol. The number of unbranched alkanes of at least 4 members (excludes halogenated alkanes) is 5. The number of aryl methyl sites for hydroxylation is 1. The topological polar surface area (TPSA) is 229 Å². The number of hydrogen-bond acceptors (Lipinski definition) is 14. The molecule has 5 amide bonds. The lowest BCUT2D eigenvalue weighted by atomic mass is 9.85. The molecule has 5 aromatic rings. The van der Waals surface area contributed by atoms with E-state index >= 15 is 4.39 Å². The highest BCUT2D eigenvalue weighted by atomic mass is 32.1. The van der Waals surface area contributed by atoms with E-state index in [2.05, 4.69) is 40.8 Å². The number of likely N-dealkylation sites (tertiary alicyclic amines) is 1. The summed E-state index contributed by atoms with van der Waals surface area (Å²) in [7, 11) is 1.97. The van der Waals surface area contributed by atoms with Crippen molar-refractivity contribution in [2.75, 3.05) is 68.0 Å². The summed E-state index contributed by atoms with van der Waals surface area (Å²) < 4.78 is 58.2. The van der Waals surface area contributed by atoms with Gasteiger partial charge in [-0.3, -0.25) is 33.7 Å². The van der Waals surface area contributed by atoms with Crippen LogP contribution in [0.3, 0.4) is 0 Å². The Labute approximate surface area is 490 Å². The molecule has 5 atom stereocenters. The number of amides is 5. The highest BCUT2D eigenvalue weighted by Crippen LogP contribution is 2.38. The van der Waals surface area contributed by atoms with Crippen LogP contribution in [-0.2, 0) is 31.9 Å². The van der Waals surface area contributed by atoms with Gasteiger partial charge in [0.2, 0.25) is 35.1 Å². The molecular formula is C60H76F4N12O7S. The van der Waals surface area contributed by atoms with Crippen LogP contribution in [-0.4, -0.2) is 152 Å². The summed E-state index contributed by atoms with van der Waals surface area (Å²) in [5, 5.41) is 19.1. The molecule has 8 rings (SSSR count). The van der Waals surface area contributed by atoms with Crippen molar-refractivity contribution >= 4 is 58.2 Å². The number of piperazine rings is 2. The number of alkyl halides is 3. The van der Waals surface area contributed by atoms with Gasteiger partial charge in [-0.1, -0.05) is 70.7 Å². The maximum Gasteiger partial charge on any atom is 0.417 e. The van der Waals surface area contributed by atoms with Gasteiger partial charge in [0.25, 0.3) is 5.91 Å². The van der Waals surface area contributed by atoms with Gasteiger partial charge < -0.3 is 45.6 Å². The maximum absolute atomic E-state index is 16.2. The third-order valence-corrected chi connectivity index (χ3v) is 17.1. The number of halogens is 4. The largest absolute Gasteiger partial charge is 0.417 e. The van der Waals surface area contributed by atoms with Crippen LogP contribution < -0.4 is 31.3 Å². The first kappa shape index (κ1) is 62.7. The fraction of sp³-hybridized carbons (Fsp3) is 0.517. The fourth-order valence-electron chi connectivity index (χ4n) is 11.1. The Morgan fingerprint density at radius 3 is 2.10 bits per heavy atom. The second kappa shape index (κ2) is 27.2. The predicted octanol–water partition coefficient (Wildman–Crippen LogP) is 7.78. The van der Waals surface area contributed by atoms with Crippen LogP contribution in [0.1, 0.15) is 120 Å². The van der Waals surface area contributed by atoms with Crippen LogP contribution in [0.25, 0.3) is 21.6 Å². The summed E-state index contributed by atoms with van der Waals surface area (Å²) in [6, 6.07) is 9.02. The van der Waals surface area contributed by atoms with E-state index in [-0.39, 0.29) is 78.2 Å². The number of anilines is 3. The fourth-order valence-corrected chi connectivity index (χ4v) is 11.9. The van der Waals surface area contributed by atoms with Gasteiger partial charge in [-0.05, 0) is 69.3 Å². The van der Waals surface area contributed by atoms with E-state index in [4.69, 9.17) is 0 Å². The lowest BCUT2D eigenvalue weighted by Crippen LogP contribution is -2.57. The summed E-state index contributed by atoms with van der Waals surface area (Å²) in [6.45, 7) is 14.4. The van der Waals surface area contributed by atoms with E-state index in [0.717, 1.165) is 47.4 Å². The quantitative estimate of drug-likeness (QED) is 0.0371. The van der Waals surface area contributed by atoms with E-state index < -0.39 is 64.1 Å². The molecule has 0 radical (unpaired) electrons. The molecule has 3 aliphatic rings. The normalized spacial score (nSPS) is 19.1. The zero-order valence-electron chi connectivity index (χ0n) is 48.7. The van der Waals surface area contributed by atoms with Gasteiger partial charge in [0.15, 0.2) is 0 Å². The van der Waals surface area contributed by atoms with E-state index in [1.54, 1.807) is 16.8 Å². The zero-order valence-corrected chi connectivity index (χ0v) is 49.5. The van der Waals surface area contributed by atoms with Gasteiger partial charge in [-0.15, -0.1) is 11.3 Å². The van der Waals surface area contributed by atoms with Crippen LogP contribution in [0.2, 0.25) is 0 Å². The number of β-amino-alcohol motifs (C(OH)–C–C–N with tert-alkyl or cyclic N) is 1. The van der Waals surface area contributed by atoms with Crippen LogP contribution in [0, 0.1) is 18.2 Å².